The van der Waals surface area contributed by atoms with Crippen molar-refractivity contribution in [3.05, 3.63) is 107 Å². The highest BCUT2D eigenvalue weighted by Gasteiger charge is 2.45. The topological polar surface area (TPSA) is 87.1 Å². The second-order valence-electron chi connectivity index (χ2n) is 9.97. The molecule has 210 valence electrons. The second-order valence-corrected chi connectivity index (χ2v) is 9.97. The molecule has 0 aliphatic carbocycles. The molecule has 40 heavy (non-hydrogen) atoms. The third kappa shape index (κ3) is 6.71. The zero-order chi connectivity index (χ0) is 28.9. The molecule has 2 N–H and O–H groups in total. The number of halogens is 3. The number of fused-ring (bicyclic) bond motifs is 1. The van der Waals surface area contributed by atoms with Gasteiger partial charge in [-0.2, -0.15) is 0 Å². The molecular formula is C31H30F3NO5. The van der Waals surface area contributed by atoms with E-state index in [-0.39, 0.29) is 23.4 Å². The van der Waals surface area contributed by atoms with Gasteiger partial charge in [0.25, 0.3) is 0 Å². The Kier molecular flexibility index (Phi) is 8.94. The highest BCUT2D eigenvalue weighted by Crippen LogP contribution is 2.48. The van der Waals surface area contributed by atoms with Gasteiger partial charge >= 0.3 is 11.9 Å². The van der Waals surface area contributed by atoms with Crippen LogP contribution >= 0.6 is 0 Å². The SMILES string of the molecule is C=C1c2cc(F)ccc2OC12CCN(CCCC(c1ccc(F)cc1)c1ccc(F)cc1)CC2.O=C(O)C(=O)O. The Labute approximate surface area is 230 Å². The van der Waals surface area contributed by atoms with Crippen LogP contribution in [0, 0.1) is 17.5 Å². The minimum atomic E-state index is -1.82. The molecule has 3 aromatic carbocycles. The van der Waals surface area contributed by atoms with Crippen LogP contribution in [0.1, 0.15) is 48.3 Å². The normalized spacial score (nSPS) is 15.8. The van der Waals surface area contributed by atoms with Crippen molar-refractivity contribution in [2.24, 2.45) is 0 Å². The molecule has 3 aromatic rings. The maximum atomic E-state index is 13.7. The van der Waals surface area contributed by atoms with E-state index in [1.54, 1.807) is 6.07 Å². The average molecular weight is 554 g/mol. The van der Waals surface area contributed by atoms with E-state index < -0.39 is 17.5 Å². The Balaban J connectivity index is 0.000000557. The van der Waals surface area contributed by atoms with E-state index >= 15 is 0 Å². The number of aliphatic carboxylic acids is 2. The van der Waals surface area contributed by atoms with Gasteiger partial charge in [-0.05, 0) is 78.6 Å². The van der Waals surface area contributed by atoms with Crippen molar-refractivity contribution in [1.82, 2.24) is 4.90 Å². The molecule has 2 aliphatic rings. The number of piperidine rings is 1. The smallest absolute Gasteiger partial charge is 0.414 e. The molecule has 5 rings (SSSR count). The fourth-order valence-corrected chi connectivity index (χ4v) is 5.32. The highest BCUT2D eigenvalue weighted by molar-refractivity contribution is 6.27. The lowest BCUT2D eigenvalue weighted by molar-refractivity contribution is -0.159. The summed E-state index contributed by atoms with van der Waals surface area (Å²) in [5.74, 6) is -3.63. The summed E-state index contributed by atoms with van der Waals surface area (Å²) in [5.41, 5.74) is 3.30. The monoisotopic (exact) mass is 553 g/mol. The Bertz CT molecular complexity index is 1310. The quantitative estimate of drug-likeness (QED) is 0.358. The molecule has 9 heteroatoms. The summed E-state index contributed by atoms with van der Waals surface area (Å²) in [4.78, 5) is 20.6. The third-order valence-electron chi connectivity index (χ3n) is 7.48. The summed E-state index contributed by atoms with van der Waals surface area (Å²) in [6.45, 7) is 6.94. The first kappa shape index (κ1) is 28.9. The summed E-state index contributed by atoms with van der Waals surface area (Å²) in [6, 6.07) is 17.8. The van der Waals surface area contributed by atoms with E-state index in [2.05, 4.69) is 11.5 Å². The molecule has 2 aliphatic heterocycles. The van der Waals surface area contributed by atoms with E-state index in [1.165, 1.54) is 36.4 Å². The summed E-state index contributed by atoms with van der Waals surface area (Å²) >= 11 is 0. The van der Waals surface area contributed by atoms with E-state index in [9.17, 15) is 13.2 Å². The van der Waals surface area contributed by atoms with Crippen LogP contribution in [0.25, 0.3) is 5.57 Å². The number of hydrogen-bond acceptors (Lipinski definition) is 4. The van der Waals surface area contributed by atoms with Gasteiger partial charge in [0.15, 0.2) is 0 Å². The van der Waals surface area contributed by atoms with Gasteiger partial charge in [-0.15, -0.1) is 0 Å². The molecule has 0 bridgehead atoms. The number of benzene rings is 3. The number of likely N-dealkylation sites (tertiary alicyclic amines) is 1. The molecule has 0 radical (unpaired) electrons. The first-order valence-electron chi connectivity index (χ1n) is 13.0. The van der Waals surface area contributed by atoms with Crippen molar-refractivity contribution in [2.45, 2.75) is 37.2 Å². The molecular weight excluding hydrogens is 523 g/mol. The van der Waals surface area contributed by atoms with Gasteiger partial charge in [0.05, 0.1) is 0 Å². The van der Waals surface area contributed by atoms with Gasteiger partial charge in [0.1, 0.15) is 28.8 Å². The predicted molar refractivity (Wildman–Crippen MR) is 144 cm³/mol. The van der Waals surface area contributed by atoms with Crippen molar-refractivity contribution in [2.75, 3.05) is 19.6 Å². The molecule has 0 saturated carbocycles. The van der Waals surface area contributed by atoms with Gasteiger partial charge in [0, 0.05) is 37.4 Å². The fraction of sp³-hybridized carbons (Fsp3) is 0.290. The lowest BCUT2D eigenvalue weighted by atomic mass is 9.83. The van der Waals surface area contributed by atoms with E-state index in [1.807, 2.05) is 24.3 Å². The van der Waals surface area contributed by atoms with Crippen LogP contribution in [0.4, 0.5) is 13.2 Å². The highest BCUT2D eigenvalue weighted by atomic mass is 19.1. The van der Waals surface area contributed by atoms with Crippen LogP contribution in [0.15, 0.2) is 73.3 Å². The molecule has 0 aromatic heterocycles. The van der Waals surface area contributed by atoms with E-state index in [0.29, 0.717) is 0 Å². The molecule has 0 atom stereocenters. The van der Waals surface area contributed by atoms with Gasteiger partial charge < -0.3 is 19.8 Å². The maximum Gasteiger partial charge on any atom is 0.414 e. The van der Waals surface area contributed by atoms with E-state index in [4.69, 9.17) is 24.5 Å². The number of hydrogen-bond donors (Lipinski definition) is 2. The summed E-state index contributed by atoms with van der Waals surface area (Å²) in [6.07, 6.45) is 3.48. The minimum absolute atomic E-state index is 0.0830. The van der Waals surface area contributed by atoms with Crippen LogP contribution in [0.5, 0.6) is 5.75 Å². The molecule has 0 amide bonds. The first-order chi connectivity index (χ1) is 19.1. The summed E-state index contributed by atoms with van der Waals surface area (Å²) in [7, 11) is 0. The Hall–Kier alpha value is -4.11. The van der Waals surface area contributed by atoms with Crippen LogP contribution in [-0.2, 0) is 9.59 Å². The Morgan fingerprint density at radius 2 is 1.35 bits per heavy atom. The van der Waals surface area contributed by atoms with E-state index in [0.717, 1.165) is 73.3 Å². The van der Waals surface area contributed by atoms with Crippen molar-refractivity contribution in [3.8, 4) is 5.75 Å². The molecule has 0 unspecified atom stereocenters. The lowest BCUT2D eigenvalue weighted by Gasteiger charge is -2.39. The number of nitrogens with zero attached hydrogens (tertiary/aromatic N) is 1. The number of rotatable bonds is 6. The molecule has 1 spiro atoms. The molecule has 6 nitrogen and oxygen atoms in total. The number of ether oxygens (including phenoxy) is 1. The van der Waals surface area contributed by atoms with Crippen LogP contribution < -0.4 is 4.74 Å². The standard InChI is InChI=1S/C29H28F3NO.C2H2O4/c1-20-27-19-25(32)12-13-28(27)34-29(20)14-17-33(18-15-29)16-2-3-26(21-4-8-23(30)9-5-21)22-6-10-24(31)11-7-22;3-1(4)2(5)6/h4-13,19,26H,1-3,14-18H2;(H,3,4)(H,5,6). The summed E-state index contributed by atoms with van der Waals surface area (Å²) in [5, 5.41) is 14.8. The average Bonchev–Trinajstić information content (AvgIpc) is 3.20. The molecule has 2 heterocycles. The van der Waals surface area contributed by atoms with Gasteiger partial charge in [0.2, 0.25) is 0 Å². The third-order valence-corrected chi connectivity index (χ3v) is 7.48. The fourth-order valence-electron chi connectivity index (χ4n) is 5.32. The zero-order valence-corrected chi connectivity index (χ0v) is 21.8. The predicted octanol–water partition coefficient (Wildman–Crippen LogP) is 6.11. The zero-order valence-electron chi connectivity index (χ0n) is 21.8. The molecule has 1 saturated heterocycles. The molecule has 1 fully saturated rings. The number of carboxylic acids is 2. The Morgan fingerprint density at radius 3 is 1.85 bits per heavy atom. The lowest BCUT2D eigenvalue weighted by Crippen LogP contribution is -2.46. The summed E-state index contributed by atoms with van der Waals surface area (Å²) < 4.78 is 46.9. The van der Waals surface area contributed by atoms with Crippen molar-refractivity contribution >= 4 is 17.5 Å². The maximum absolute atomic E-state index is 13.7. The van der Waals surface area contributed by atoms with Crippen LogP contribution in [-0.4, -0.2) is 52.3 Å². The largest absolute Gasteiger partial charge is 0.482 e. The van der Waals surface area contributed by atoms with Crippen molar-refractivity contribution < 1.29 is 37.7 Å². The second kappa shape index (κ2) is 12.4. The van der Waals surface area contributed by atoms with Gasteiger partial charge in [-0.1, -0.05) is 30.8 Å². The number of carbonyl (C=O) groups is 2. The van der Waals surface area contributed by atoms with Crippen LogP contribution in [0.3, 0.4) is 0 Å². The minimum Gasteiger partial charge on any atom is -0.482 e. The van der Waals surface area contributed by atoms with Crippen LogP contribution in [0.2, 0.25) is 0 Å². The Morgan fingerprint density at radius 1 is 0.850 bits per heavy atom. The van der Waals surface area contributed by atoms with Crippen molar-refractivity contribution in [3.63, 3.8) is 0 Å². The first-order valence-corrected chi connectivity index (χ1v) is 13.0. The van der Waals surface area contributed by atoms with Crippen molar-refractivity contribution in [1.29, 1.82) is 0 Å². The van der Waals surface area contributed by atoms with Gasteiger partial charge in [-0.25, -0.2) is 22.8 Å². The number of carboxylic acid groups (broad SMARTS) is 2. The van der Waals surface area contributed by atoms with Gasteiger partial charge in [-0.3, -0.25) is 0 Å².